The number of amides is 1. The molecular formula is C21H31N3O. The minimum atomic E-state index is 0.339. The van der Waals surface area contributed by atoms with Gasteiger partial charge in [-0.3, -0.25) is 9.69 Å². The molecule has 1 unspecified atom stereocenters. The smallest absolute Gasteiger partial charge is 0.237 e. The molecule has 3 fully saturated rings. The lowest BCUT2D eigenvalue weighted by atomic mass is 9.89. The third kappa shape index (κ3) is 3.75. The number of rotatable bonds is 7. The molecule has 0 aromatic heterocycles. The Bertz CT molecular complexity index is 596. The predicted octanol–water partition coefficient (Wildman–Crippen LogP) is 2.45. The number of nitrogens with zero attached hydrogens (tertiary/aromatic N) is 2. The van der Waals surface area contributed by atoms with E-state index in [0.717, 1.165) is 19.0 Å². The van der Waals surface area contributed by atoms with Crippen molar-refractivity contribution in [2.75, 3.05) is 26.2 Å². The largest absolute Gasteiger partial charge is 0.336 e. The van der Waals surface area contributed by atoms with Crippen LogP contribution in [0.15, 0.2) is 30.3 Å². The quantitative estimate of drug-likeness (QED) is 0.829. The second-order valence-corrected chi connectivity index (χ2v) is 8.32. The van der Waals surface area contributed by atoms with Crippen molar-refractivity contribution in [3.8, 4) is 0 Å². The van der Waals surface area contributed by atoms with E-state index in [9.17, 15) is 4.79 Å². The molecule has 1 amide bonds. The van der Waals surface area contributed by atoms with Crippen LogP contribution >= 0.6 is 0 Å². The lowest BCUT2D eigenvalue weighted by Crippen LogP contribution is -2.46. The lowest BCUT2D eigenvalue weighted by molar-refractivity contribution is -0.135. The maximum absolute atomic E-state index is 13.0. The highest BCUT2D eigenvalue weighted by Crippen LogP contribution is 2.40. The zero-order chi connectivity index (χ0) is 17.4. The van der Waals surface area contributed by atoms with Gasteiger partial charge in [-0.15, -0.1) is 0 Å². The third-order valence-corrected chi connectivity index (χ3v) is 6.38. The van der Waals surface area contributed by atoms with Gasteiger partial charge in [0.25, 0.3) is 0 Å². The molecule has 2 aliphatic carbocycles. The molecule has 4 nitrogen and oxygen atoms in total. The number of hydrogen-bond donors (Lipinski definition) is 1. The van der Waals surface area contributed by atoms with Crippen molar-refractivity contribution in [1.29, 1.82) is 0 Å². The normalized spacial score (nSPS) is 28.1. The van der Waals surface area contributed by atoms with Crippen LogP contribution in [0.5, 0.6) is 0 Å². The first-order valence-electron chi connectivity index (χ1n) is 9.96. The van der Waals surface area contributed by atoms with E-state index in [2.05, 4.69) is 47.1 Å². The van der Waals surface area contributed by atoms with Crippen LogP contribution in [-0.4, -0.2) is 54.0 Å². The van der Waals surface area contributed by atoms with Crippen molar-refractivity contribution in [2.24, 2.45) is 17.6 Å². The summed E-state index contributed by atoms with van der Waals surface area (Å²) in [5.74, 6) is 1.99. The molecule has 1 aliphatic heterocycles. The summed E-state index contributed by atoms with van der Waals surface area (Å²) in [5.41, 5.74) is 7.41. The van der Waals surface area contributed by atoms with E-state index in [1.807, 2.05) is 0 Å². The molecule has 4 heteroatoms. The van der Waals surface area contributed by atoms with E-state index in [4.69, 9.17) is 5.73 Å². The summed E-state index contributed by atoms with van der Waals surface area (Å²) in [7, 11) is 0. The van der Waals surface area contributed by atoms with Crippen molar-refractivity contribution in [1.82, 2.24) is 9.80 Å². The van der Waals surface area contributed by atoms with Gasteiger partial charge in [-0.1, -0.05) is 30.3 Å². The topological polar surface area (TPSA) is 49.6 Å². The van der Waals surface area contributed by atoms with Gasteiger partial charge in [0.1, 0.15) is 0 Å². The molecule has 1 aromatic rings. The molecule has 1 heterocycles. The van der Waals surface area contributed by atoms with Crippen LogP contribution in [0.3, 0.4) is 0 Å². The summed E-state index contributed by atoms with van der Waals surface area (Å²) in [4.78, 5) is 17.6. The minimum absolute atomic E-state index is 0.339. The highest BCUT2D eigenvalue weighted by atomic mass is 16.2. The fraction of sp³-hybridized carbons (Fsp3) is 0.667. The van der Waals surface area contributed by atoms with Crippen LogP contribution in [0.4, 0.5) is 0 Å². The van der Waals surface area contributed by atoms with E-state index in [1.165, 1.54) is 31.2 Å². The van der Waals surface area contributed by atoms with Gasteiger partial charge in [0.05, 0.1) is 6.54 Å². The Morgan fingerprint density at radius 2 is 1.92 bits per heavy atom. The Kier molecular flexibility index (Phi) is 4.83. The van der Waals surface area contributed by atoms with Crippen molar-refractivity contribution >= 4 is 5.91 Å². The Labute approximate surface area is 151 Å². The van der Waals surface area contributed by atoms with E-state index in [1.54, 1.807) is 0 Å². The average Bonchev–Trinajstić information content (AvgIpc) is 3.53. The SMILES string of the molecule is CC(C1CC1)N(C(=O)CN1C[C@@H](CN)[C@H](c2ccccc2)C1)C1CC1. The minimum Gasteiger partial charge on any atom is -0.336 e. The van der Waals surface area contributed by atoms with Crippen molar-refractivity contribution in [2.45, 2.75) is 50.6 Å². The highest BCUT2D eigenvalue weighted by Gasteiger charge is 2.42. The van der Waals surface area contributed by atoms with E-state index in [-0.39, 0.29) is 0 Å². The Hall–Kier alpha value is -1.39. The summed E-state index contributed by atoms with van der Waals surface area (Å²) >= 11 is 0. The molecule has 1 saturated heterocycles. The number of carbonyl (C=O) groups is 1. The molecule has 25 heavy (non-hydrogen) atoms. The Morgan fingerprint density at radius 3 is 2.52 bits per heavy atom. The third-order valence-electron chi connectivity index (χ3n) is 6.38. The summed E-state index contributed by atoms with van der Waals surface area (Å²) < 4.78 is 0. The number of nitrogens with two attached hydrogens (primary N) is 1. The van der Waals surface area contributed by atoms with Gasteiger partial charge in [0, 0.05) is 31.1 Å². The monoisotopic (exact) mass is 341 g/mol. The van der Waals surface area contributed by atoms with Gasteiger partial charge in [0.15, 0.2) is 0 Å². The highest BCUT2D eigenvalue weighted by molar-refractivity contribution is 5.79. The van der Waals surface area contributed by atoms with Crippen LogP contribution in [-0.2, 0) is 4.79 Å². The number of benzene rings is 1. The number of hydrogen-bond acceptors (Lipinski definition) is 3. The molecule has 136 valence electrons. The van der Waals surface area contributed by atoms with Gasteiger partial charge in [-0.25, -0.2) is 0 Å². The summed E-state index contributed by atoms with van der Waals surface area (Å²) in [6.07, 6.45) is 4.99. The zero-order valence-corrected chi connectivity index (χ0v) is 15.3. The number of carbonyl (C=O) groups excluding carboxylic acids is 1. The van der Waals surface area contributed by atoms with Gasteiger partial charge in [-0.2, -0.15) is 0 Å². The molecule has 4 rings (SSSR count). The molecular weight excluding hydrogens is 310 g/mol. The van der Waals surface area contributed by atoms with Crippen molar-refractivity contribution < 1.29 is 4.79 Å². The summed E-state index contributed by atoms with van der Waals surface area (Å²) in [5, 5.41) is 0. The molecule has 0 radical (unpaired) electrons. The van der Waals surface area contributed by atoms with Gasteiger partial charge < -0.3 is 10.6 Å². The first kappa shape index (κ1) is 17.0. The Morgan fingerprint density at radius 1 is 1.20 bits per heavy atom. The van der Waals surface area contributed by atoms with Crippen LogP contribution in [0.25, 0.3) is 0 Å². The molecule has 1 aromatic carbocycles. The van der Waals surface area contributed by atoms with E-state index < -0.39 is 0 Å². The van der Waals surface area contributed by atoms with Crippen LogP contribution in [0.2, 0.25) is 0 Å². The molecule has 2 saturated carbocycles. The van der Waals surface area contributed by atoms with Crippen molar-refractivity contribution in [3.63, 3.8) is 0 Å². The molecule has 3 aliphatic rings. The first-order chi connectivity index (χ1) is 12.2. The summed E-state index contributed by atoms with van der Waals surface area (Å²) in [6.45, 7) is 5.40. The average molecular weight is 341 g/mol. The molecule has 0 spiro atoms. The second-order valence-electron chi connectivity index (χ2n) is 8.32. The first-order valence-corrected chi connectivity index (χ1v) is 9.96. The van der Waals surface area contributed by atoms with E-state index >= 15 is 0 Å². The fourth-order valence-electron chi connectivity index (χ4n) is 4.60. The van der Waals surface area contributed by atoms with Gasteiger partial charge >= 0.3 is 0 Å². The zero-order valence-electron chi connectivity index (χ0n) is 15.3. The van der Waals surface area contributed by atoms with Crippen LogP contribution < -0.4 is 5.73 Å². The van der Waals surface area contributed by atoms with Crippen LogP contribution in [0.1, 0.15) is 44.1 Å². The standard InChI is InChI=1S/C21H31N3O/c1-15(16-7-8-16)24(19-9-10-19)21(25)14-23-12-18(11-22)20(13-23)17-5-3-2-4-6-17/h2-6,15-16,18-20H,7-14,22H2,1H3/t15?,18-,20+/m1/s1. The maximum atomic E-state index is 13.0. The van der Waals surface area contributed by atoms with Gasteiger partial charge in [0.2, 0.25) is 5.91 Å². The summed E-state index contributed by atoms with van der Waals surface area (Å²) in [6, 6.07) is 11.6. The number of likely N-dealkylation sites (tertiary alicyclic amines) is 1. The van der Waals surface area contributed by atoms with Gasteiger partial charge in [-0.05, 0) is 56.6 Å². The Balaban J connectivity index is 1.41. The molecule has 3 atom stereocenters. The van der Waals surface area contributed by atoms with E-state index in [0.29, 0.717) is 42.9 Å². The lowest BCUT2D eigenvalue weighted by Gasteiger charge is -2.31. The molecule has 0 bridgehead atoms. The van der Waals surface area contributed by atoms with Crippen LogP contribution in [0, 0.1) is 11.8 Å². The predicted molar refractivity (Wildman–Crippen MR) is 100 cm³/mol. The fourth-order valence-corrected chi connectivity index (χ4v) is 4.60. The van der Waals surface area contributed by atoms with Crippen molar-refractivity contribution in [3.05, 3.63) is 35.9 Å². The second kappa shape index (κ2) is 7.08. The maximum Gasteiger partial charge on any atom is 0.237 e. The molecule has 2 N–H and O–H groups in total.